The van der Waals surface area contributed by atoms with Gasteiger partial charge in [0.15, 0.2) is 0 Å². The molecule has 0 aliphatic heterocycles. The third-order valence-corrected chi connectivity index (χ3v) is 3.39. The summed E-state index contributed by atoms with van der Waals surface area (Å²) in [4.78, 5) is 26.9. The van der Waals surface area contributed by atoms with E-state index in [1.165, 1.54) is 0 Å². The summed E-state index contributed by atoms with van der Waals surface area (Å²) in [7, 11) is 0. The SMILES string of the molecule is O=C(O)N[C@@H]1CCCC[C@H]1C(=O)NNc1ccccn1. The van der Waals surface area contributed by atoms with Crippen molar-refractivity contribution in [2.45, 2.75) is 31.7 Å². The molecule has 2 rings (SSSR count). The van der Waals surface area contributed by atoms with Crippen LogP contribution in [0, 0.1) is 5.92 Å². The molecule has 0 saturated heterocycles. The van der Waals surface area contributed by atoms with E-state index in [0.717, 1.165) is 12.8 Å². The maximum atomic E-state index is 12.1. The van der Waals surface area contributed by atoms with Gasteiger partial charge in [0.05, 0.1) is 5.92 Å². The molecule has 7 heteroatoms. The number of aromatic nitrogens is 1. The summed E-state index contributed by atoms with van der Waals surface area (Å²) in [6, 6.07) is 4.98. The third-order valence-electron chi connectivity index (χ3n) is 3.39. The van der Waals surface area contributed by atoms with E-state index in [1.54, 1.807) is 24.4 Å². The lowest BCUT2D eigenvalue weighted by molar-refractivity contribution is -0.126. The average molecular weight is 278 g/mol. The Morgan fingerprint density at radius 1 is 1.25 bits per heavy atom. The molecule has 0 aromatic carbocycles. The van der Waals surface area contributed by atoms with Crippen LogP contribution in [0.1, 0.15) is 25.7 Å². The van der Waals surface area contributed by atoms with Crippen molar-refractivity contribution in [3.8, 4) is 0 Å². The number of nitrogens with zero attached hydrogens (tertiary/aromatic N) is 1. The fourth-order valence-electron chi connectivity index (χ4n) is 2.43. The number of amides is 2. The summed E-state index contributed by atoms with van der Waals surface area (Å²) in [5, 5.41) is 11.2. The number of carbonyl (C=O) groups is 2. The molecule has 1 aliphatic rings. The molecule has 7 nitrogen and oxygen atoms in total. The Labute approximate surface area is 116 Å². The first kappa shape index (κ1) is 14.1. The van der Waals surface area contributed by atoms with Crippen molar-refractivity contribution >= 4 is 17.8 Å². The van der Waals surface area contributed by atoms with Gasteiger partial charge in [-0.15, -0.1) is 0 Å². The van der Waals surface area contributed by atoms with Crippen LogP contribution in [0.4, 0.5) is 10.6 Å². The number of rotatable bonds is 4. The summed E-state index contributed by atoms with van der Waals surface area (Å²) >= 11 is 0. The largest absolute Gasteiger partial charge is 0.465 e. The van der Waals surface area contributed by atoms with Crippen molar-refractivity contribution in [3.63, 3.8) is 0 Å². The molecule has 0 bridgehead atoms. The third kappa shape index (κ3) is 3.84. The van der Waals surface area contributed by atoms with Gasteiger partial charge in [-0.25, -0.2) is 9.78 Å². The van der Waals surface area contributed by atoms with E-state index in [9.17, 15) is 9.59 Å². The minimum absolute atomic E-state index is 0.214. The molecule has 0 radical (unpaired) electrons. The van der Waals surface area contributed by atoms with Crippen LogP contribution in [0.5, 0.6) is 0 Å². The van der Waals surface area contributed by atoms with Gasteiger partial charge in [0.2, 0.25) is 5.91 Å². The molecule has 1 aliphatic carbocycles. The van der Waals surface area contributed by atoms with Gasteiger partial charge in [0.1, 0.15) is 5.82 Å². The summed E-state index contributed by atoms with van der Waals surface area (Å²) in [5.41, 5.74) is 5.32. The normalized spacial score (nSPS) is 21.8. The lowest BCUT2D eigenvalue weighted by atomic mass is 9.84. The maximum absolute atomic E-state index is 12.1. The lowest BCUT2D eigenvalue weighted by Gasteiger charge is -2.30. The molecule has 0 spiro atoms. The standard InChI is InChI=1S/C13H18N4O3/c18-12(17-16-11-7-3-4-8-14-11)9-5-1-2-6-10(9)15-13(19)20/h3-4,7-10,15H,1-2,5-6H2,(H,14,16)(H,17,18)(H,19,20)/t9-,10-/m1/s1. The molecule has 1 heterocycles. The monoisotopic (exact) mass is 278 g/mol. The zero-order valence-corrected chi connectivity index (χ0v) is 11.0. The van der Waals surface area contributed by atoms with Gasteiger partial charge < -0.3 is 10.4 Å². The van der Waals surface area contributed by atoms with Gasteiger partial charge >= 0.3 is 6.09 Å². The second kappa shape index (κ2) is 6.74. The Bertz CT molecular complexity index is 466. The highest BCUT2D eigenvalue weighted by atomic mass is 16.4. The molecule has 20 heavy (non-hydrogen) atoms. The van der Waals surface area contributed by atoms with Crippen molar-refractivity contribution in [3.05, 3.63) is 24.4 Å². The van der Waals surface area contributed by atoms with Crippen molar-refractivity contribution in [1.82, 2.24) is 15.7 Å². The smallest absolute Gasteiger partial charge is 0.404 e. The van der Waals surface area contributed by atoms with Crippen LogP contribution in [0.3, 0.4) is 0 Å². The van der Waals surface area contributed by atoms with Crippen LogP contribution in [0.25, 0.3) is 0 Å². The van der Waals surface area contributed by atoms with E-state index < -0.39 is 6.09 Å². The zero-order valence-electron chi connectivity index (χ0n) is 11.0. The molecule has 108 valence electrons. The fourth-order valence-corrected chi connectivity index (χ4v) is 2.43. The number of carbonyl (C=O) groups excluding carboxylic acids is 1. The lowest BCUT2D eigenvalue weighted by Crippen LogP contribution is -2.49. The number of anilines is 1. The molecule has 1 fully saturated rings. The molecule has 1 aromatic rings. The second-order valence-electron chi connectivity index (χ2n) is 4.78. The summed E-state index contributed by atoms with van der Waals surface area (Å²) < 4.78 is 0. The van der Waals surface area contributed by atoms with Crippen LogP contribution < -0.4 is 16.2 Å². The summed E-state index contributed by atoms with van der Waals surface area (Å²) in [6.07, 6.45) is 3.76. The first-order valence-corrected chi connectivity index (χ1v) is 6.63. The predicted octanol–water partition coefficient (Wildman–Crippen LogP) is 1.35. The van der Waals surface area contributed by atoms with Crippen molar-refractivity contribution in [1.29, 1.82) is 0 Å². The fraction of sp³-hybridized carbons (Fsp3) is 0.462. The molecule has 4 N–H and O–H groups in total. The van der Waals surface area contributed by atoms with E-state index in [1.807, 2.05) is 0 Å². The highest BCUT2D eigenvalue weighted by Crippen LogP contribution is 2.24. The Hall–Kier alpha value is -2.31. The Kier molecular flexibility index (Phi) is 4.75. The Morgan fingerprint density at radius 2 is 2.05 bits per heavy atom. The Balaban J connectivity index is 1.90. The van der Waals surface area contributed by atoms with Crippen LogP contribution in [0.2, 0.25) is 0 Å². The molecule has 2 atom stereocenters. The highest BCUT2D eigenvalue weighted by Gasteiger charge is 2.31. The number of hydrazine groups is 1. The Morgan fingerprint density at radius 3 is 2.75 bits per heavy atom. The first-order chi connectivity index (χ1) is 9.66. The van der Waals surface area contributed by atoms with Crippen LogP contribution in [-0.2, 0) is 4.79 Å². The van der Waals surface area contributed by atoms with E-state index in [4.69, 9.17) is 5.11 Å². The van der Waals surface area contributed by atoms with Crippen molar-refractivity contribution in [2.24, 2.45) is 5.92 Å². The maximum Gasteiger partial charge on any atom is 0.404 e. The minimum Gasteiger partial charge on any atom is -0.465 e. The molecule has 1 aromatic heterocycles. The number of hydrogen-bond donors (Lipinski definition) is 4. The number of hydrogen-bond acceptors (Lipinski definition) is 4. The molecular formula is C13H18N4O3. The number of nitrogens with one attached hydrogen (secondary N) is 3. The van der Waals surface area contributed by atoms with E-state index in [-0.39, 0.29) is 17.9 Å². The quantitative estimate of drug-likeness (QED) is 0.622. The van der Waals surface area contributed by atoms with Crippen molar-refractivity contribution < 1.29 is 14.7 Å². The summed E-state index contributed by atoms with van der Waals surface area (Å²) in [5.74, 6) is -0.0235. The minimum atomic E-state index is -1.09. The predicted molar refractivity (Wildman–Crippen MR) is 72.9 cm³/mol. The van der Waals surface area contributed by atoms with E-state index >= 15 is 0 Å². The molecule has 1 saturated carbocycles. The van der Waals surface area contributed by atoms with Gasteiger partial charge in [-0.2, -0.15) is 0 Å². The number of carboxylic acid groups (broad SMARTS) is 1. The van der Waals surface area contributed by atoms with Gasteiger partial charge in [-0.3, -0.25) is 15.6 Å². The van der Waals surface area contributed by atoms with Gasteiger partial charge in [-0.1, -0.05) is 18.9 Å². The highest BCUT2D eigenvalue weighted by molar-refractivity contribution is 5.81. The molecule has 2 amide bonds. The van der Waals surface area contributed by atoms with E-state index in [2.05, 4.69) is 21.2 Å². The van der Waals surface area contributed by atoms with Crippen LogP contribution in [0.15, 0.2) is 24.4 Å². The average Bonchev–Trinajstić information content (AvgIpc) is 2.46. The first-order valence-electron chi connectivity index (χ1n) is 6.63. The second-order valence-corrected chi connectivity index (χ2v) is 4.78. The summed E-state index contributed by atoms with van der Waals surface area (Å²) in [6.45, 7) is 0. The topological polar surface area (TPSA) is 103 Å². The van der Waals surface area contributed by atoms with Crippen LogP contribution >= 0.6 is 0 Å². The molecule has 0 unspecified atom stereocenters. The van der Waals surface area contributed by atoms with Crippen LogP contribution in [-0.4, -0.2) is 28.1 Å². The zero-order chi connectivity index (χ0) is 14.4. The van der Waals surface area contributed by atoms with Gasteiger partial charge in [0, 0.05) is 12.2 Å². The van der Waals surface area contributed by atoms with Gasteiger partial charge in [-0.05, 0) is 25.0 Å². The van der Waals surface area contributed by atoms with Gasteiger partial charge in [0.25, 0.3) is 0 Å². The van der Waals surface area contributed by atoms with Crippen molar-refractivity contribution in [2.75, 3.05) is 5.43 Å². The van der Waals surface area contributed by atoms with E-state index in [0.29, 0.717) is 18.7 Å². The number of pyridine rings is 1. The molecular weight excluding hydrogens is 260 g/mol.